The highest BCUT2D eigenvalue weighted by atomic mass is 32.2. The maximum Gasteiger partial charge on any atom is 0.189 e. The van der Waals surface area contributed by atoms with Gasteiger partial charge in [-0.3, -0.25) is 9.59 Å². The summed E-state index contributed by atoms with van der Waals surface area (Å²) in [5.74, 6) is 1.06. The lowest BCUT2D eigenvalue weighted by Crippen LogP contribution is -1.90. The van der Waals surface area contributed by atoms with Gasteiger partial charge >= 0.3 is 0 Å². The van der Waals surface area contributed by atoms with Crippen LogP contribution in [-0.4, -0.2) is 29.2 Å². The highest BCUT2D eigenvalue weighted by molar-refractivity contribution is 8.13. The van der Waals surface area contributed by atoms with Crippen LogP contribution < -0.4 is 0 Å². The fraction of sp³-hybridized carbons (Fsp3) is 0.600. The molecule has 0 saturated heterocycles. The fourth-order valence-corrected chi connectivity index (χ4v) is 1.26. The maximum atomic E-state index is 10.5. The molecule has 14 heavy (non-hydrogen) atoms. The molecule has 0 aromatic rings. The number of carbonyl (C=O) groups excluding carboxylic acids is 2. The van der Waals surface area contributed by atoms with Crippen LogP contribution >= 0.6 is 23.5 Å². The Morgan fingerprint density at radius 3 is 2.14 bits per heavy atom. The van der Waals surface area contributed by atoms with Crippen LogP contribution in [0.2, 0.25) is 0 Å². The Bertz CT molecular complexity index is 179. The van der Waals surface area contributed by atoms with Crippen LogP contribution in [0.25, 0.3) is 0 Å². The molecule has 0 rings (SSSR count). The molecule has 0 unspecified atom stereocenters. The molecule has 0 spiro atoms. The summed E-state index contributed by atoms with van der Waals surface area (Å²) < 4.78 is 0. The Labute approximate surface area is 94.9 Å². The zero-order valence-corrected chi connectivity index (χ0v) is 10.7. The van der Waals surface area contributed by atoms with E-state index in [-0.39, 0.29) is 5.78 Å². The van der Waals surface area contributed by atoms with Gasteiger partial charge in [-0.1, -0.05) is 25.3 Å². The second kappa shape index (κ2) is 12.8. The lowest BCUT2D eigenvalue weighted by atomic mass is 10.3. The van der Waals surface area contributed by atoms with Crippen molar-refractivity contribution in [3.05, 3.63) is 12.7 Å². The summed E-state index contributed by atoms with van der Waals surface area (Å²) in [6.45, 7) is 5.09. The van der Waals surface area contributed by atoms with E-state index in [0.29, 0.717) is 18.0 Å². The molecular formula is C10H18O2S2. The lowest BCUT2D eigenvalue weighted by Gasteiger charge is -1.90. The molecule has 0 aliphatic rings. The second-order valence-electron chi connectivity index (χ2n) is 2.34. The predicted molar refractivity (Wildman–Crippen MR) is 67.0 cm³/mol. The van der Waals surface area contributed by atoms with Gasteiger partial charge in [-0.15, -0.1) is 0 Å². The Hall–Kier alpha value is -0.220. The molecule has 0 fully saturated rings. The quantitative estimate of drug-likeness (QED) is 0.685. The molecule has 0 radical (unpaired) electrons. The zero-order chi connectivity index (χ0) is 11.4. The van der Waals surface area contributed by atoms with E-state index < -0.39 is 0 Å². The van der Waals surface area contributed by atoms with Crippen LogP contribution in [0.4, 0.5) is 0 Å². The third-order valence-corrected chi connectivity index (χ3v) is 2.59. The van der Waals surface area contributed by atoms with Crippen LogP contribution in [-0.2, 0) is 9.59 Å². The summed E-state index contributed by atoms with van der Waals surface area (Å²) >= 11 is 3.02. The van der Waals surface area contributed by atoms with Crippen LogP contribution in [0.1, 0.15) is 19.8 Å². The summed E-state index contributed by atoms with van der Waals surface area (Å²) in [4.78, 5) is 20.6. The Balaban J connectivity index is 0. The Morgan fingerprint density at radius 2 is 1.93 bits per heavy atom. The number of hydrogen-bond acceptors (Lipinski definition) is 4. The van der Waals surface area contributed by atoms with Gasteiger partial charge in [0.2, 0.25) is 0 Å². The third-order valence-electron chi connectivity index (χ3n) is 1.31. The van der Waals surface area contributed by atoms with E-state index in [0.717, 1.165) is 5.75 Å². The van der Waals surface area contributed by atoms with E-state index in [1.54, 1.807) is 11.8 Å². The van der Waals surface area contributed by atoms with Crippen molar-refractivity contribution in [3.8, 4) is 0 Å². The van der Waals surface area contributed by atoms with E-state index in [1.165, 1.54) is 17.8 Å². The summed E-state index contributed by atoms with van der Waals surface area (Å²) in [7, 11) is 0. The molecule has 0 bridgehead atoms. The molecule has 0 amide bonds. The molecule has 0 saturated carbocycles. The van der Waals surface area contributed by atoms with Crippen LogP contribution in [0.15, 0.2) is 12.7 Å². The predicted octanol–water partition coefficient (Wildman–Crippen LogP) is 2.78. The minimum Gasteiger partial charge on any atom is -0.295 e. The first-order chi connectivity index (χ1) is 6.62. The summed E-state index contributed by atoms with van der Waals surface area (Å²) in [5, 5.41) is 0.291. The number of allylic oxidation sites excluding steroid dienone is 1. The van der Waals surface area contributed by atoms with E-state index >= 15 is 0 Å². The molecule has 0 heterocycles. The van der Waals surface area contributed by atoms with Gasteiger partial charge in [-0.2, -0.15) is 11.8 Å². The minimum atomic E-state index is 0.106. The van der Waals surface area contributed by atoms with Crippen molar-refractivity contribution in [2.45, 2.75) is 19.8 Å². The first-order valence-electron chi connectivity index (χ1n) is 4.33. The smallest absolute Gasteiger partial charge is 0.189 e. The number of carbonyl (C=O) groups is 2. The molecule has 0 atom stereocenters. The van der Waals surface area contributed by atoms with Gasteiger partial charge in [0.1, 0.15) is 0 Å². The normalized spacial score (nSPS) is 8.50. The zero-order valence-electron chi connectivity index (χ0n) is 9.04. The van der Waals surface area contributed by atoms with Crippen molar-refractivity contribution < 1.29 is 9.59 Å². The molecule has 0 aliphatic heterocycles. The van der Waals surface area contributed by atoms with Gasteiger partial charge in [-0.25, -0.2) is 0 Å². The molecule has 4 heteroatoms. The van der Waals surface area contributed by atoms with Crippen LogP contribution in [0, 0.1) is 0 Å². The second-order valence-corrected chi connectivity index (χ2v) is 4.19. The van der Waals surface area contributed by atoms with Gasteiger partial charge in [0.25, 0.3) is 0 Å². The van der Waals surface area contributed by atoms with E-state index in [1.807, 2.05) is 19.4 Å². The highest BCUT2D eigenvalue weighted by Gasteiger charge is 1.94. The number of ketones is 1. The van der Waals surface area contributed by atoms with Crippen LogP contribution in [0.3, 0.4) is 0 Å². The third kappa shape index (κ3) is 14.3. The molecule has 0 N–H and O–H groups in total. The monoisotopic (exact) mass is 234 g/mol. The molecule has 0 aromatic carbocycles. The molecule has 0 aromatic heterocycles. The Kier molecular flexibility index (Phi) is 14.8. The minimum absolute atomic E-state index is 0.106. The largest absolute Gasteiger partial charge is 0.295 e. The maximum absolute atomic E-state index is 10.5. The molecular weight excluding hydrogens is 216 g/mol. The van der Waals surface area contributed by atoms with Crippen molar-refractivity contribution in [2.75, 3.05) is 18.3 Å². The van der Waals surface area contributed by atoms with Crippen molar-refractivity contribution in [3.63, 3.8) is 0 Å². The number of thioether (sulfide) groups is 2. The summed E-state index contributed by atoms with van der Waals surface area (Å²) in [6, 6.07) is 0. The molecule has 82 valence electrons. The number of hydrogen-bond donors (Lipinski definition) is 0. The van der Waals surface area contributed by atoms with Crippen LogP contribution in [0.5, 0.6) is 0 Å². The summed E-state index contributed by atoms with van der Waals surface area (Å²) in [6.07, 6.45) is 6.45. The van der Waals surface area contributed by atoms with Gasteiger partial charge in [0, 0.05) is 18.6 Å². The van der Waals surface area contributed by atoms with E-state index in [9.17, 15) is 9.59 Å². The Morgan fingerprint density at radius 1 is 1.36 bits per heavy atom. The first-order valence-corrected chi connectivity index (χ1v) is 6.95. The van der Waals surface area contributed by atoms with E-state index in [4.69, 9.17) is 0 Å². The molecule has 0 aliphatic carbocycles. The van der Waals surface area contributed by atoms with Crippen molar-refractivity contribution in [2.24, 2.45) is 0 Å². The van der Waals surface area contributed by atoms with Gasteiger partial charge < -0.3 is 0 Å². The van der Waals surface area contributed by atoms with Gasteiger partial charge in [0.15, 0.2) is 10.9 Å². The standard InChI is InChI=1S/C5H10OS2.C5H8O/c1-7-4-3-5(6)8-2;1-3-5(6)4-2/h3-4H2,1-2H3;3H,1,4H2,2H3. The SMILES string of the molecule is C=CC(=O)CC.CSCCC(=O)SC. The highest BCUT2D eigenvalue weighted by Crippen LogP contribution is 2.03. The lowest BCUT2D eigenvalue weighted by molar-refractivity contribution is -0.114. The molecule has 2 nitrogen and oxygen atoms in total. The van der Waals surface area contributed by atoms with E-state index in [2.05, 4.69) is 6.58 Å². The van der Waals surface area contributed by atoms with Gasteiger partial charge in [0.05, 0.1) is 0 Å². The van der Waals surface area contributed by atoms with Gasteiger partial charge in [-0.05, 0) is 18.6 Å². The van der Waals surface area contributed by atoms with Crippen molar-refractivity contribution in [1.82, 2.24) is 0 Å². The van der Waals surface area contributed by atoms with Crippen molar-refractivity contribution >= 4 is 34.4 Å². The fourth-order valence-electron chi connectivity index (χ4n) is 0.432. The first kappa shape index (κ1) is 16.2. The number of rotatable bonds is 5. The topological polar surface area (TPSA) is 34.1 Å². The average Bonchev–Trinajstić information content (AvgIpc) is 2.25. The summed E-state index contributed by atoms with van der Waals surface area (Å²) in [5.41, 5.74) is 0. The average molecular weight is 234 g/mol. The van der Waals surface area contributed by atoms with Crippen molar-refractivity contribution in [1.29, 1.82) is 0 Å².